The van der Waals surface area contributed by atoms with Crippen LogP contribution >= 0.6 is 0 Å². The molecule has 0 saturated carbocycles. The molecule has 0 fully saturated rings. The van der Waals surface area contributed by atoms with Crippen LogP contribution in [0.25, 0.3) is 10.9 Å². The second kappa shape index (κ2) is 9.18. The van der Waals surface area contributed by atoms with Gasteiger partial charge < -0.3 is 15.0 Å². The molecule has 5 nitrogen and oxygen atoms in total. The number of nitrogens with zero attached hydrogens (tertiary/aromatic N) is 2. The van der Waals surface area contributed by atoms with Gasteiger partial charge >= 0.3 is 0 Å². The number of para-hydroxylation sites is 1. The summed E-state index contributed by atoms with van der Waals surface area (Å²) in [7, 11) is 0. The number of carbonyl (C=O) groups excluding carboxylic acids is 1. The number of hydrogen-bond donors (Lipinski definition) is 1. The average Bonchev–Trinajstić information content (AvgIpc) is 2.84. The number of carbonyl (C=O) groups is 1. The van der Waals surface area contributed by atoms with Crippen LogP contribution in [0.5, 0.6) is 5.75 Å². The molecule has 0 unspecified atom stereocenters. The maximum atomic E-state index is 12.7. The molecule has 0 spiro atoms. The molecule has 1 amide bonds. The number of aromatic nitrogens is 1. The minimum Gasteiger partial charge on any atom is -0.481 e. The minimum absolute atomic E-state index is 0.0745. The van der Waals surface area contributed by atoms with Crippen molar-refractivity contribution in [2.45, 2.75) is 33.7 Å². The van der Waals surface area contributed by atoms with E-state index >= 15 is 0 Å². The molecule has 0 bridgehead atoms. The molecule has 5 rings (SSSR count). The standard InChI is InChI=1S/C29H29N3O2/c1-19-15-20(2)28(21(3)16-19)31-27(33)18-34-25-10-6-9-23-11-12-26(30-29(23)25)32-14-13-22-7-4-5-8-24(22)17-32/h4-12,15-16H,13-14,17-18H2,1-3H3,(H,31,33). The van der Waals surface area contributed by atoms with Crippen molar-refractivity contribution in [3.8, 4) is 5.75 Å². The van der Waals surface area contributed by atoms with Crippen LogP contribution in [-0.4, -0.2) is 24.0 Å². The third-order valence-corrected chi connectivity index (χ3v) is 6.42. The highest BCUT2D eigenvalue weighted by molar-refractivity contribution is 5.94. The van der Waals surface area contributed by atoms with E-state index < -0.39 is 0 Å². The van der Waals surface area contributed by atoms with Gasteiger partial charge in [0.2, 0.25) is 0 Å². The molecule has 1 aliphatic rings. The molecule has 1 aromatic heterocycles. The molecule has 0 saturated heterocycles. The molecule has 1 aliphatic heterocycles. The van der Waals surface area contributed by atoms with Crippen molar-refractivity contribution in [2.24, 2.45) is 0 Å². The highest BCUT2D eigenvalue weighted by Crippen LogP contribution is 2.29. The predicted octanol–water partition coefficient (Wildman–Crippen LogP) is 5.74. The summed E-state index contributed by atoms with van der Waals surface area (Å²) in [6.45, 7) is 7.76. The Hall–Kier alpha value is -3.86. The molecule has 0 radical (unpaired) electrons. The molecule has 5 heteroatoms. The lowest BCUT2D eigenvalue weighted by Gasteiger charge is -2.30. The molecule has 1 N–H and O–H groups in total. The van der Waals surface area contributed by atoms with Crippen molar-refractivity contribution >= 4 is 28.3 Å². The predicted molar refractivity (Wildman–Crippen MR) is 138 cm³/mol. The summed E-state index contributed by atoms with van der Waals surface area (Å²) in [5.74, 6) is 1.36. The summed E-state index contributed by atoms with van der Waals surface area (Å²) >= 11 is 0. The number of anilines is 2. The highest BCUT2D eigenvalue weighted by atomic mass is 16.5. The van der Waals surface area contributed by atoms with Gasteiger partial charge in [0.1, 0.15) is 17.1 Å². The maximum Gasteiger partial charge on any atom is 0.262 e. The van der Waals surface area contributed by atoms with Gasteiger partial charge in [0.05, 0.1) is 0 Å². The van der Waals surface area contributed by atoms with E-state index in [1.807, 2.05) is 32.0 Å². The Morgan fingerprint density at radius 3 is 2.53 bits per heavy atom. The van der Waals surface area contributed by atoms with Gasteiger partial charge in [-0.1, -0.05) is 54.1 Å². The fourth-order valence-corrected chi connectivity index (χ4v) is 4.79. The summed E-state index contributed by atoms with van der Waals surface area (Å²) in [5.41, 5.74) is 7.65. The van der Waals surface area contributed by atoms with Crippen LogP contribution in [0.2, 0.25) is 0 Å². The fraction of sp³-hybridized carbons (Fsp3) is 0.241. The SMILES string of the molecule is Cc1cc(C)c(NC(=O)COc2cccc3ccc(N4CCc5ccccc5C4)nc23)c(C)c1. The lowest BCUT2D eigenvalue weighted by Crippen LogP contribution is -2.30. The van der Waals surface area contributed by atoms with Gasteiger partial charge in [-0.05, 0) is 67.6 Å². The largest absolute Gasteiger partial charge is 0.481 e. The van der Waals surface area contributed by atoms with Crippen LogP contribution in [0.4, 0.5) is 11.5 Å². The molecule has 2 heterocycles. The summed E-state index contributed by atoms with van der Waals surface area (Å²) in [4.78, 5) is 19.9. The zero-order valence-electron chi connectivity index (χ0n) is 19.9. The third kappa shape index (κ3) is 4.46. The number of nitrogens with one attached hydrogen (secondary N) is 1. The van der Waals surface area contributed by atoms with Gasteiger partial charge in [0, 0.05) is 24.2 Å². The van der Waals surface area contributed by atoms with Gasteiger partial charge in [0.15, 0.2) is 6.61 Å². The molecule has 172 valence electrons. The lowest BCUT2D eigenvalue weighted by molar-refractivity contribution is -0.118. The van der Waals surface area contributed by atoms with E-state index in [0.29, 0.717) is 5.75 Å². The van der Waals surface area contributed by atoms with Crippen molar-refractivity contribution in [3.63, 3.8) is 0 Å². The van der Waals surface area contributed by atoms with Crippen molar-refractivity contribution in [1.29, 1.82) is 0 Å². The number of benzene rings is 3. The highest BCUT2D eigenvalue weighted by Gasteiger charge is 2.18. The van der Waals surface area contributed by atoms with Crippen molar-refractivity contribution in [2.75, 3.05) is 23.4 Å². The molecule has 0 aliphatic carbocycles. The van der Waals surface area contributed by atoms with Gasteiger partial charge in [-0.25, -0.2) is 4.98 Å². The number of hydrogen-bond acceptors (Lipinski definition) is 4. The zero-order chi connectivity index (χ0) is 23.7. The van der Waals surface area contributed by atoms with Crippen molar-refractivity contribution in [3.05, 3.63) is 94.5 Å². The van der Waals surface area contributed by atoms with E-state index in [-0.39, 0.29) is 12.5 Å². The Labute approximate surface area is 200 Å². The number of ether oxygens (including phenoxy) is 1. The summed E-state index contributed by atoms with van der Waals surface area (Å²) in [5, 5.41) is 3.99. The van der Waals surface area contributed by atoms with Crippen LogP contribution in [0.15, 0.2) is 66.7 Å². The molecule has 0 atom stereocenters. The van der Waals surface area contributed by atoms with Crippen LogP contribution in [-0.2, 0) is 17.8 Å². The van der Waals surface area contributed by atoms with E-state index in [9.17, 15) is 4.79 Å². The Kier molecular flexibility index (Phi) is 5.93. The Morgan fingerprint density at radius 2 is 1.74 bits per heavy atom. The summed E-state index contributed by atoms with van der Waals surface area (Å²) < 4.78 is 5.96. The van der Waals surface area contributed by atoms with Gasteiger partial charge in [-0.15, -0.1) is 0 Å². The number of rotatable bonds is 5. The van der Waals surface area contributed by atoms with Crippen LogP contribution < -0.4 is 15.0 Å². The second-order valence-electron chi connectivity index (χ2n) is 9.05. The van der Waals surface area contributed by atoms with E-state index in [2.05, 4.69) is 65.7 Å². The number of amides is 1. The maximum absolute atomic E-state index is 12.7. The van der Waals surface area contributed by atoms with Gasteiger partial charge in [-0.2, -0.15) is 0 Å². The third-order valence-electron chi connectivity index (χ3n) is 6.42. The first kappa shape index (κ1) is 22.0. The van der Waals surface area contributed by atoms with E-state index in [1.165, 1.54) is 16.7 Å². The molecule has 3 aromatic carbocycles. The number of aryl methyl sites for hydroxylation is 3. The number of fused-ring (bicyclic) bond motifs is 2. The van der Waals surface area contributed by atoms with Crippen molar-refractivity contribution in [1.82, 2.24) is 4.98 Å². The first-order valence-electron chi connectivity index (χ1n) is 11.7. The molecular formula is C29H29N3O2. The average molecular weight is 452 g/mol. The quantitative estimate of drug-likeness (QED) is 0.420. The Bertz CT molecular complexity index is 1360. The van der Waals surface area contributed by atoms with E-state index in [1.54, 1.807) is 0 Å². The second-order valence-corrected chi connectivity index (χ2v) is 9.05. The first-order valence-corrected chi connectivity index (χ1v) is 11.7. The molecular weight excluding hydrogens is 422 g/mol. The van der Waals surface area contributed by atoms with Crippen LogP contribution in [0.3, 0.4) is 0 Å². The normalized spacial score (nSPS) is 13.0. The zero-order valence-corrected chi connectivity index (χ0v) is 19.9. The van der Waals surface area contributed by atoms with E-state index in [4.69, 9.17) is 9.72 Å². The fourth-order valence-electron chi connectivity index (χ4n) is 4.79. The van der Waals surface area contributed by atoms with Crippen molar-refractivity contribution < 1.29 is 9.53 Å². The van der Waals surface area contributed by atoms with Crippen LogP contribution in [0.1, 0.15) is 27.8 Å². The first-order chi connectivity index (χ1) is 16.5. The summed E-state index contributed by atoms with van der Waals surface area (Å²) in [6, 6.07) is 22.7. The minimum atomic E-state index is -0.184. The molecule has 34 heavy (non-hydrogen) atoms. The smallest absolute Gasteiger partial charge is 0.262 e. The van der Waals surface area contributed by atoms with Gasteiger partial charge in [0.25, 0.3) is 5.91 Å². The number of pyridine rings is 1. The lowest BCUT2D eigenvalue weighted by atomic mass is 10.00. The van der Waals surface area contributed by atoms with Crippen LogP contribution in [0, 0.1) is 20.8 Å². The Balaban J connectivity index is 1.33. The van der Waals surface area contributed by atoms with Gasteiger partial charge in [-0.3, -0.25) is 4.79 Å². The summed E-state index contributed by atoms with van der Waals surface area (Å²) in [6.07, 6.45) is 1.01. The topological polar surface area (TPSA) is 54.5 Å². The Morgan fingerprint density at radius 1 is 0.971 bits per heavy atom. The van der Waals surface area contributed by atoms with E-state index in [0.717, 1.165) is 53.0 Å². The monoisotopic (exact) mass is 451 g/mol. The molecule has 4 aromatic rings.